The van der Waals surface area contributed by atoms with E-state index in [1.165, 1.54) is 12.8 Å². The molecule has 2 aromatic carbocycles. The number of aromatic amines is 2. The highest BCUT2D eigenvalue weighted by Crippen LogP contribution is 2.37. The first-order valence-electron chi connectivity index (χ1n) is 10.4. The van der Waals surface area contributed by atoms with E-state index >= 15 is 0 Å². The summed E-state index contributed by atoms with van der Waals surface area (Å²) in [7, 11) is 0. The van der Waals surface area contributed by atoms with Gasteiger partial charge in [0.15, 0.2) is 5.65 Å². The third-order valence-corrected chi connectivity index (χ3v) is 7.30. The number of thioether (sulfide) groups is 1. The second-order valence-corrected chi connectivity index (χ2v) is 9.64. The highest BCUT2D eigenvalue weighted by Gasteiger charge is 2.22. The maximum Gasteiger partial charge on any atom is 0.253 e. The lowest BCUT2D eigenvalue weighted by molar-refractivity contribution is 1.12. The molecule has 1 fully saturated rings. The minimum atomic E-state index is -0.102. The number of hydrogen-bond acceptors (Lipinski definition) is 5. The van der Waals surface area contributed by atoms with Crippen LogP contribution in [0.3, 0.4) is 0 Å². The van der Waals surface area contributed by atoms with Gasteiger partial charge in [-0.05, 0) is 31.0 Å². The molecule has 1 saturated carbocycles. The van der Waals surface area contributed by atoms with Crippen LogP contribution in [-0.2, 0) is 5.75 Å². The van der Waals surface area contributed by atoms with Crippen LogP contribution in [0.15, 0.2) is 59.5 Å². The molecule has 3 aromatic heterocycles. The Balaban J connectivity index is 1.57. The standard InChI is InChI=1S/C24H18ClN5OS/c25-18-9-14(8-15-11-26-30-20(15)18)22-21(13-4-2-1-3-5-13)28-23-19(27-22)10-16(24(31)29-23)12-32-17-6-7-17/h1-5,8-11,17H,6-7,12H2,(H,26,30)(H,28,29,31). The van der Waals surface area contributed by atoms with Gasteiger partial charge in [-0.2, -0.15) is 16.9 Å². The first-order valence-corrected chi connectivity index (χ1v) is 11.8. The summed E-state index contributed by atoms with van der Waals surface area (Å²) >= 11 is 8.35. The Kier molecular flexibility index (Phi) is 4.73. The van der Waals surface area contributed by atoms with Gasteiger partial charge in [0.2, 0.25) is 0 Å². The number of aromatic nitrogens is 5. The van der Waals surface area contributed by atoms with Gasteiger partial charge in [-0.15, -0.1) is 0 Å². The average molecular weight is 460 g/mol. The van der Waals surface area contributed by atoms with Gasteiger partial charge in [0.1, 0.15) is 5.52 Å². The summed E-state index contributed by atoms with van der Waals surface area (Å²) in [5, 5.41) is 9.17. The van der Waals surface area contributed by atoms with Crippen LogP contribution in [0, 0.1) is 0 Å². The maximum absolute atomic E-state index is 12.7. The molecule has 8 heteroatoms. The van der Waals surface area contributed by atoms with Crippen molar-refractivity contribution in [2.45, 2.75) is 23.8 Å². The van der Waals surface area contributed by atoms with E-state index in [-0.39, 0.29) is 5.56 Å². The lowest BCUT2D eigenvalue weighted by Gasteiger charge is -2.12. The Morgan fingerprint density at radius 2 is 1.84 bits per heavy atom. The number of benzene rings is 2. The second-order valence-electron chi connectivity index (χ2n) is 7.95. The molecule has 6 rings (SSSR count). The molecule has 0 spiro atoms. The topological polar surface area (TPSA) is 87.3 Å². The van der Waals surface area contributed by atoms with Gasteiger partial charge in [-0.1, -0.05) is 41.9 Å². The van der Waals surface area contributed by atoms with E-state index in [4.69, 9.17) is 21.6 Å². The van der Waals surface area contributed by atoms with Gasteiger partial charge in [0, 0.05) is 33.1 Å². The van der Waals surface area contributed by atoms with Crippen molar-refractivity contribution >= 4 is 45.4 Å². The number of rotatable bonds is 5. The summed E-state index contributed by atoms with van der Waals surface area (Å²) in [5.41, 5.74) is 5.71. The summed E-state index contributed by atoms with van der Waals surface area (Å²) in [6, 6.07) is 15.6. The van der Waals surface area contributed by atoms with Crippen molar-refractivity contribution in [3.8, 4) is 22.5 Å². The van der Waals surface area contributed by atoms with Gasteiger partial charge in [-0.3, -0.25) is 9.89 Å². The normalized spacial score (nSPS) is 13.8. The molecule has 0 unspecified atom stereocenters. The van der Waals surface area contributed by atoms with Crippen LogP contribution in [0.5, 0.6) is 0 Å². The zero-order valence-electron chi connectivity index (χ0n) is 16.9. The Morgan fingerprint density at radius 1 is 1.03 bits per heavy atom. The molecule has 0 aliphatic heterocycles. The Morgan fingerprint density at radius 3 is 2.66 bits per heavy atom. The van der Waals surface area contributed by atoms with E-state index in [0.29, 0.717) is 38.6 Å². The maximum atomic E-state index is 12.7. The number of nitrogens with zero attached hydrogens (tertiary/aromatic N) is 3. The zero-order chi connectivity index (χ0) is 21.7. The van der Waals surface area contributed by atoms with Gasteiger partial charge < -0.3 is 4.98 Å². The first-order chi connectivity index (χ1) is 15.7. The molecular weight excluding hydrogens is 442 g/mol. The quantitative estimate of drug-likeness (QED) is 0.358. The monoisotopic (exact) mass is 459 g/mol. The molecule has 0 radical (unpaired) electrons. The van der Waals surface area contributed by atoms with E-state index in [2.05, 4.69) is 15.2 Å². The third kappa shape index (κ3) is 3.57. The number of pyridine rings is 1. The van der Waals surface area contributed by atoms with Crippen molar-refractivity contribution in [3.63, 3.8) is 0 Å². The van der Waals surface area contributed by atoms with Crippen LogP contribution in [0.2, 0.25) is 5.02 Å². The molecule has 3 heterocycles. The number of halogens is 1. The predicted molar refractivity (Wildman–Crippen MR) is 130 cm³/mol. The fraction of sp³-hybridized carbons (Fsp3) is 0.167. The molecule has 1 aliphatic carbocycles. The molecule has 2 N–H and O–H groups in total. The summed E-state index contributed by atoms with van der Waals surface area (Å²) in [6.07, 6.45) is 4.21. The third-order valence-electron chi connectivity index (χ3n) is 5.58. The smallest absolute Gasteiger partial charge is 0.253 e. The van der Waals surface area contributed by atoms with Crippen LogP contribution in [-0.4, -0.2) is 30.4 Å². The van der Waals surface area contributed by atoms with Crippen LogP contribution in [0.25, 0.3) is 44.6 Å². The molecule has 0 saturated heterocycles. The van der Waals surface area contributed by atoms with E-state index in [9.17, 15) is 4.79 Å². The van der Waals surface area contributed by atoms with E-state index in [0.717, 1.165) is 27.6 Å². The molecule has 0 atom stereocenters. The van der Waals surface area contributed by atoms with Crippen molar-refractivity contribution in [2.24, 2.45) is 0 Å². The lowest BCUT2D eigenvalue weighted by atomic mass is 10.0. The highest BCUT2D eigenvalue weighted by atomic mass is 35.5. The lowest BCUT2D eigenvalue weighted by Crippen LogP contribution is -2.13. The van der Waals surface area contributed by atoms with Gasteiger partial charge in [0.05, 0.1) is 28.1 Å². The summed E-state index contributed by atoms with van der Waals surface area (Å²) < 4.78 is 0. The summed E-state index contributed by atoms with van der Waals surface area (Å²) in [6.45, 7) is 0. The SMILES string of the molecule is O=c1[nH]c2nc(-c3ccccc3)c(-c3cc(Cl)c4[nH]ncc4c3)nc2cc1CSC1CC1. The predicted octanol–water partition coefficient (Wildman–Crippen LogP) is 5.58. The molecule has 6 nitrogen and oxygen atoms in total. The molecule has 32 heavy (non-hydrogen) atoms. The Labute approximate surface area is 192 Å². The van der Waals surface area contributed by atoms with Gasteiger partial charge in [0.25, 0.3) is 5.56 Å². The fourth-order valence-corrected chi connectivity index (χ4v) is 5.13. The Hall–Kier alpha value is -3.16. The van der Waals surface area contributed by atoms with Crippen LogP contribution in [0.1, 0.15) is 18.4 Å². The van der Waals surface area contributed by atoms with Gasteiger partial charge >= 0.3 is 0 Å². The minimum Gasteiger partial charge on any atom is -0.305 e. The second kappa shape index (κ2) is 7.76. The number of fused-ring (bicyclic) bond motifs is 2. The van der Waals surface area contributed by atoms with Crippen molar-refractivity contribution in [2.75, 3.05) is 0 Å². The molecule has 5 aromatic rings. The van der Waals surface area contributed by atoms with Crippen molar-refractivity contribution in [1.82, 2.24) is 25.1 Å². The summed E-state index contributed by atoms with van der Waals surface area (Å²) in [5.74, 6) is 0.681. The van der Waals surface area contributed by atoms with Crippen LogP contribution >= 0.6 is 23.4 Å². The van der Waals surface area contributed by atoms with Crippen molar-refractivity contribution in [3.05, 3.63) is 75.7 Å². The van der Waals surface area contributed by atoms with E-state index in [1.54, 1.807) is 6.20 Å². The van der Waals surface area contributed by atoms with Crippen LogP contribution in [0.4, 0.5) is 0 Å². The molecule has 158 valence electrons. The molecule has 0 amide bonds. The molecule has 1 aliphatic rings. The van der Waals surface area contributed by atoms with E-state index in [1.807, 2.05) is 60.3 Å². The van der Waals surface area contributed by atoms with E-state index < -0.39 is 0 Å². The number of nitrogens with one attached hydrogen (secondary N) is 2. The largest absolute Gasteiger partial charge is 0.305 e. The molecular formula is C24H18ClN5OS. The Bertz CT molecular complexity index is 1520. The zero-order valence-corrected chi connectivity index (χ0v) is 18.5. The highest BCUT2D eigenvalue weighted by molar-refractivity contribution is 7.99. The fourth-order valence-electron chi connectivity index (χ4n) is 3.76. The first kappa shape index (κ1) is 19.5. The minimum absolute atomic E-state index is 0.102. The van der Waals surface area contributed by atoms with Crippen molar-refractivity contribution < 1.29 is 0 Å². The molecule has 0 bridgehead atoms. The van der Waals surface area contributed by atoms with Gasteiger partial charge in [-0.25, -0.2) is 9.97 Å². The average Bonchev–Trinajstić information content (AvgIpc) is 3.51. The number of H-pyrrole nitrogens is 2. The van der Waals surface area contributed by atoms with Crippen LogP contribution < -0.4 is 5.56 Å². The number of hydrogen-bond donors (Lipinski definition) is 2. The summed E-state index contributed by atoms with van der Waals surface area (Å²) in [4.78, 5) is 25.4. The van der Waals surface area contributed by atoms with Crippen molar-refractivity contribution in [1.29, 1.82) is 0 Å².